The topological polar surface area (TPSA) is 49.8 Å². The standard InChI is InChI=1S/C15H19Br2NO3/c16-11-5-6-14(13(17)9-11)21-10-15(20)18(7-8-19)12-3-1-2-4-12/h5-6,9,12,19H,1-4,7-8,10H2. The van der Waals surface area contributed by atoms with Gasteiger partial charge in [-0.05, 0) is 47.0 Å². The van der Waals surface area contributed by atoms with Gasteiger partial charge in [0.1, 0.15) is 5.75 Å². The number of halogens is 2. The summed E-state index contributed by atoms with van der Waals surface area (Å²) in [6.45, 7) is 0.370. The fourth-order valence-electron chi connectivity index (χ4n) is 2.65. The quantitative estimate of drug-likeness (QED) is 0.767. The molecule has 0 radical (unpaired) electrons. The van der Waals surface area contributed by atoms with Crippen molar-refractivity contribution in [2.24, 2.45) is 0 Å². The molecule has 1 N–H and O–H groups in total. The van der Waals surface area contributed by atoms with Gasteiger partial charge in [0.05, 0.1) is 11.1 Å². The van der Waals surface area contributed by atoms with Gasteiger partial charge in [0.15, 0.2) is 6.61 Å². The lowest BCUT2D eigenvalue weighted by Gasteiger charge is -2.28. The third-order valence-electron chi connectivity index (χ3n) is 3.67. The maximum absolute atomic E-state index is 12.3. The van der Waals surface area contributed by atoms with Gasteiger partial charge in [0.2, 0.25) is 0 Å². The van der Waals surface area contributed by atoms with Crippen LogP contribution in [0, 0.1) is 0 Å². The minimum atomic E-state index is -0.0641. The number of carbonyl (C=O) groups is 1. The van der Waals surface area contributed by atoms with Crippen molar-refractivity contribution in [3.05, 3.63) is 27.1 Å². The minimum Gasteiger partial charge on any atom is -0.483 e. The van der Waals surface area contributed by atoms with E-state index in [2.05, 4.69) is 31.9 Å². The second-order valence-electron chi connectivity index (χ2n) is 5.11. The molecular weight excluding hydrogens is 402 g/mol. The zero-order valence-corrected chi connectivity index (χ0v) is 14.9. The summed E-state index contributed by atoms with van der Waals surface area (Å²) in [6.07, 6.45) is 4.35. The van der Waals surface area contributed by atoms with E-state index in [1.165, 1.54) is 0 Å². The van der Waals surface area contributed by atoms with Gasteiger partial charge in [-0.1, -0.05) is 28.8 Å². The third-order valence-corrected chi connectivity index (χ3v) is 4.78. The summed E-state index contributed by atoms with van der Waals surface area (Å²) in [7, 11) is 0. The molecule has 0 spiro atoms. The normalized spacial score (nSPS) is 15.2. The Morgan fingerprint density at radius 1 is 1.33 bits per heavy atom. The molecule has 2 rings (SSSR count). The molecule has 0 heterocycles. The van der Waals surface area contributed by atoms with Crippen LogP contribution in [0.1, 0.15) is 25.7 Å². The smallest absolute Gasteiger partial charge is 0.260 e. The molecule has 0 aliphatic heterocycles. The number of ether oxygens (including phenoxy) is 1. The number of carbonyl (C=O) groups excluding carboxylic acids is 1. The Morgan fingerprint density at radius 3 is 2.67 bits per heavy atom. The van der Waals surface area contributed by atoms with E-state index in [1.54, 1.807) is 4.90 Å². The summed E-state index contributed by atoms with van der Waals surface area (Å²) in [5.74, 6) is 0.577. The van der Waals surface area contributed by atoms with Gasteiger partial charge in [-0.25, -0.2) is 0 Å². The average Bonchev–Trinajstić information content (AvgIpc) is 2.97. The van der Waals surface area contributed by atoms with Crippen LogP contribution >= 0.6 is 31.9 Å². The second kappa shape index (κ2) is 8.15. The predicted molar refractivity (Wildman–Crippen MR) is 88.4 cm³/mol. The Hall–Kier alpha value is -0.590. The van der Waals surface area contributed by atoms with E-state index in [0.717, 1.165) is 34.6 Å². The Bertz CT molecular complexity index is 490. The Labute approximate surface area is 141 Å². The van der Waals surface area contributed by atoms with Crippen LogP contribution in [0.3, 0.4) is 0 Å². The van der Waals surface area contributed by atoms with E-state index in [0.29, 0.717) is 12.3 Å². The molecule has 21 heavy (non-hydrogen) atoms. The molecule has 1 aliphatic carbocycles. The lowest BCUT2D eigenvalue weighted by atomic mass is 10.2. The number of amides is 1. The van der Waals surface area contributed by atoms with Crippen LogP contribution in [0.4, 0.5) is 0 Å². The summed E-state index contributed by atoms with van der Waals surface area (Å²) >= 11 is 6.79. The van der Waals surface area contributed by atoms with Crippen LogP contribution in [0.2, 0.25) is 0 Å². The van der Waals surface area contributed by atoms with E-state index in [9.17, 15) is 4.79 Å². The first-order valence-corrected chi connectivity index (χ1v) is 8.68. The first-order valence-electron chi connectivity index (χ1n) is 7.10. The molecule has 6 heteroatoms. The van der Waals surface area contributed by atoms with Gasteiger partial charge in [-0.3, -0.25) is 4.79 Å². The van der Waals surface area contributed by atoms with Gasteiger partial charge in [0, 0.05) is 17.1 Å². The molecule has 0 saturated heterocycles. The molecule has 0 unspecified atom stereocenters. The number of hydrogen-bond donors (Lipinski definition) is 1. The van der Waals surface area contributed by atoms with Crippen LogP contribution in [0.5, 0.6) is 5.75 Å². The van der Waals surface area contributed by atoms with Crippen LogP contribution in [-0.2, 0) is 4.79 Å². The molecule has 4 nitrogen and oxygen atoms in total. The Kier molecular flexibility index (Phi) is 6.51. The third kappa shape index (κ3) is 4.69. The maximum Gasteiger partial charge on any atom is 0.260 e. The first kappa shape index (κ1) is 16.8. The van der Waals surface area contributed by atoms with Gasteiger partial charge in [0.25, 0.3) is 5.91 Å². The first-order chi connectivity index (χ1) is 10.1. The number of nitrogens with zero attached hydrogens (tertiary/aromatic N) is 1. The highest BCUT2D eigenvalue weighted by Gasteiger charge is 2.26. The van der Waals surface area contributed by atoms with Crippen molar-refractivity contribution >= 4 is 37.8 Å². The summed E-state index contributed by atoms with van der Waals surface area (Å²) in [6, 6.07) is 5.81. The van der Waals surface area contributed by atoms with E-state index >= 15 is 0 Å². The monoisotopic (exact) mass is 419 g/mol. The highest BCUT2D eigenvalue weighted by molar-refractivity contribution is 9.11. The summed E-state index contributed by atoms with van der Waals surface area (Å²) in [4.78, 5) is 14.1. The Balaban J connectivity index is 1.95. The molecule has 1 aromatic carbocycles. The molecule has 1 aliphatic rings. The zero-order chi connectivity index (χ0) is 15.2. The molecule has 1 saturated carbocycles. The van der Waals surface area contributed by atoms with Gasteiger partial charge >= 0.3 is 0 Å². The minimum absolute atomic E-state index is 0.00324. The number of benzene rings is 1. The number of aliphatic hydroxyl groups excluding tert-OH is 1. The highest BCUT2D eigenvalue weighted by atomic mass is 79.9. The largest absolute Gasteiger partial charge is 0.483 e. The van der Waals surface area contributed by atoms with Gasteiger partial charge in [-0.15, -0.1) is 0 Å². The summed E-state index contributed by atoms with van der Waals surface area (Å²) in [5, 5.41) is 9.16. The van der Waals surface area contributed by atoms with Crippen LogP contribution in [0.15, 0.2) is 27.1 Å². The van der Waals surface area contributed by atoms with Gasteiger partial charge in [-0.2, -0.15) is 0 Å². The fourth-order valence-corrected chi connectivity index (χ4v) is 3.81. The SMILES string of the molecule is O=C(COc1ccc(Br)cc1Br)N(CCO)C1CCCC1. The van der Waals surface area contributed by atoms with Crippen molar-refractivity contribution in [1.82, 2.24) is 4.90 Å². The van der Waals surface area contributed by atoms with Crippen molar-refractivity contribution in [2.75, 3.05) is 19.8 Å². The van der Waals surface area contributed by atoms with E-state index < -0.39 is 0 Å². The zero-order valence-electron chi connectivity index (χ0n) is 11.7. The van der Waals surface area contributed by atoms with E-state index in [-0.39, 0.29) is 25.2 Å². The fraction of sp³-hybridized carbons (Fsp3) is 0.533. The molecule has 1 fully saturated rings. The molecule has 116 valence electrons. The lowest BCUT2D eigenvalue weighted by molar-refractivity contribution is -0.136. The molecule has 0 bridgehead atoms. The van der Waals surface area contributed by atoms with Gasteiger partial charge < -0.3 is 14.7 Å². The van der Waals surface area contributed by atoms with Crippen molar-refractivity contribution in [2.45, 2.75) is 31.7 Å². The van der Waals surface area contributed by atoms with Crippen molar-refractivity contribution in [3.8, 4) is 5.75 Å². The molecular formula is C15H19Br2NO3. The average molecular weight is 421 g/mol. The molecule has 1 aromatic rings. The number of hydrogen-bond acceptors (Lipinski definition) is 3. The summed E-state index contributed by atoms with van der Waals surface area (Å²) in [5.41, 5.74) is 0. The molecule has 1 amide bonds. The van der Waals surface area contributed by atoms with Crippen LogP contribution in [0.25, 0.3) is 0 Å². The van der Waals surface area contributed by atoms with Crippen molar-refractivity contribution in [3.63, 3.8) is 0 Å². The highest BCUT2D eigenvalue weighted by Crippen LogP contribution is 2.28. The van der Waals surface area contributed by atoms with Crippen molar-refractivity contribution < 1.29 is 14.6 Å². The lowest BCUT2D eigenvalue weighted by Crippen LogP contribution is -2.43. The molecule has 0 aromatic heterocycles. The molecule has 0 atom stereocenters. The van der Waals surface area contributed by atoms with E-state index in [1.807, 2.05) is 18.2 Å². The second-order valence-corrected chi connectivity index (χ2v) is 6.88. The predicted octanol–water partition coefficient (Wildman–Crippen LogP) is 3.35. The van der Waals surface area contributed by atoms with Crippen LogP contribution in [-0.4, -0.2) is 41.7 Å². The number of aliphatic hydroxyl groups is 1. The summed E-state index contributed by atoms with van der Waals surface area (Å²) < 4.78 is 7.35. The van der Waals surface area contributed by atoms with Crippen molar-refractivity contribution in [1.29, 1.82) is 0 Å². The van der Waals surface area contributed by atoms with Crippen LogP contribution < -0.4 is 4.74 Å². The maximum atomic E-state index is 12.3. The van der Waals surface area contributed by atoms with E-state index in [4.69, 9.17) is 9.84 Å². The number of rotatable bonds is 6. The Morgan fingerprint density at radius 2 is 2.05 bits per heavy atom.